The molecule has 1 amide bonds. The van der Waals surface area contributed by atoms with Gasteiger partial charge in [0.15, 0.2) is 0 Å². The SMILES string of the molecule is CC(C)NC(=O)CCN(c1ccc(N)cn1)C1CC1. The molecule has 2 rings (SSSR count). The fourth-order valence-electron chi connectivity index (χ4n) is 2.05. The van der Waals surface area contributed by atoms with Gasteiger partial charge in [-0.2, -0.15) is 0 Å². The van der Waals surface area contributed by atoms with Gasteiger partial charge in [-0.3, -0.25) is 4.79 Å². The van der Waals surface area contributed by atoms with Gasteiger partial charge in [0.1, 0.15) is 5.82 Å². The van der Waals surface area contributed by atoms with Crippen LogP contribution in [0.25, 0.3) is 0 Å². The quantitative estimate of drug-likeness (QED) is 0.816. The molecule has 1 aliphatic rings. The van der Waals surface area contributed by atoms with Crippen molar-refractivity contribution in [3.05, 3.63) is 18.3 Å². The second-order valence-electron chi connectivity index (χ2n) is 5.35. The van der Waals surface area contributed by atoms with Gasteiger partial charge in [0.25, 0.3) is 0 Å². The predicted octanol–water partition coefficient (Wildman–Crippen LogP) is 1.55. The van der Waals surface area contributed by atoms with E-state index in [4.69, 9.17) is 5.73 Å². The van der Waals surface area contributed by atoms with Crippen LogP contribution < -0.4 is 16.0 Å². The van der Waals surface area contributed by atoms with Gasteiger partial charge in [-0.1, -0.05) is 0 Å². The minimum atomic E-state index is 0.0936. The molecule has 1 aromatic heterocycles. The summed E-state index contributed by atoms with van der Waals surface area (Å²) in [7, 11) is 0. The molecule has 1 aromatic rings. The highest BCUT2D eigenvalue weighted by Gasteiger charge is 2.30. The molecule has 5 nitrogen and oxygen atoms in total. The molecule has 0 unspecified atom stereocenters. The molecule has 0 aliphatic heterocycles. The maximum absolute atomic E-state index is 11.7. The van der Waals surface area contributed by atoms with Crippen LogP contribution in [0, 0.1) is 0 Å². The van der Waals surface area contributed by atoms with Gasteiger partial charge in [-0.15, -0.1) is 0 Å². The second-order valence-corrected chi connectivity index (χ2v) is 5.35. The lowest BCUT2D eigenvalue weighted by Gasteiger charge is -2.23. The molecule has 0 atom stereocenters. The first-order valence-corrected chi connectivity index (χ1v) is 6.84. The fraction of sp³-hybridized carbons (Fsp3) is 0.571. The molecule has 3 N–H and O–H groups in total. The molecule has 19 heavy (non-hydrogen) atoms. The molecule has 5 heteroatoms. The number of rotatable bonds is 6. The fourth-order valence-corrected chi connectivity index (χ4v) is 2.05. The van der Waals surface area contributed by atoms with Crippen LogP contribution in [-0.4, -0.2) is 29.5 Å². The number of amides is 1. The number of nitrogens with one attached hydrogen (secondary N) is 1. The van der Waals surface area contributed by atoms with Gasteiger partial charge < -0.3 is 16.0 Å². The van der Waals surface area contributed by atoms with Crippen molar-refractivity contribution in [2.75, 3.05) is 17.2 Å². The Labute approximate surface area is 114 Å². The molecule has 1 saturated carbocycles. The molecule has 1 heterocycles. The molecule has 1 aliphatic carbocycles. The van der Waals surface area contributed by atoms with Gasteiger partial charge in [0.2, 0.25) is 5.91 Å². The Hall–Kier alpha value is -1.78. The largest absolute Gasteiger partial charge is 0.397 e. The third kappa shape index (κ3) is 4.12. The van der Waals surface area contributed by atoms with Gasteiger partial charge in [-0.25, -0.2) is 4.98 Å². The number of hydrogen-bond donors (Lipinski definition) is 2. The van der Waals surface area contributed by atoms with Crippen LogP contribution in [0.5, 0.6) is 0 Å². The van der Waals surface area contributed by atoms with E-state index in [-0.39, 0.29) is 11.9 Å². The molecular weight excluding hydrogens is 240 g/mol. The van der Waals surface area contributed by atoms with Crippen LogP contribution in [0.15, 0.2) is 18.3 Å². The molecule has 104 valence electrons. The lowest BCUT2D eigenvalue weighted by Crippen LogP contribution is -2.35. The summed E-state index contributed by atoms with van der Waals surface area (Å²) < 4.78 is 0. The number of nitrogens with zero attached hydrogens (tertiary/aromatic N) is 2. The highest BCUT2D eigenvalue weighted by molar-refractivity contribution is 5.76. The number of anilines is 2. The van der Waals surface area contributed by atoms with E-state index in [1.54, 1.807) is 6.20 Å². The smallest absolute Gasteiger partial charge is 0.221 e. The second kappa shape index (κ2) is 5.91. The van der Waals surface area contributed by atoms with Crippen molar-refractivity contribution < 1.29 is 4.79 Å². The summed E-state index contributed by atoms with van der Waals surface area (Å²) in [6.45, 7) is 4.65. The first-order valence-electron chi connectivity index (χ1n) is 6.84. The van der Waals surface area contributed by atoms with Gasteiger partial charge >= 0.3 is 0 Å². The minimum absolute atomic E-state index is 0.0936. The highest BCUT2D eigenvalue weighted by atomic mass is 16.1. The Morgan fingerprint density at radius 1 is 1.53 bits per heavy atom. The number of carbonyl (C=O) groups excluding carboxylic acids is 1. The normalized spacial score (nSPS) is 14.5. The molecule has 0 spiro atoms. The van der Waals surface area contributed by atoms with E-state index < -0.39 is 0 Å². The van der Waals surface area contributed by atoms with E-state index in [0.29, 0.717) is 24.7 Å². The average Bonchev–Trinajstić information content (AvgIpc) is 3.15. The summed E-state index contributed by atoms with van der Waals surface area (Å²) in [4.78, 5) is 18.3. The molecule has 0 saturated heterocycles. The minimum Gasteiger partial charge on any atom is -0.397 e. The molecular formula is C14H22N4O. The van der Waals surface area contributed by atoms with Gasteiger partial charge in [-0.05, 0) is 38.8 Å². The highest BCUT2D eigenvalue weighted by Crippen LogP contribution is 2.30. The third-order valence-corrected chi connectivity index (χ3v) is 3.08. The van der Waals surface area contributed by atoms with E-state index in [1.165, 1.54) is 12.8 Å². The van der Waals surface area contributed by atoms with Crippen molar-refractivity contribution >= 4 is 17.4 Å². The Bertz CT molecular complexity index is 426. The van der Waals surface area contributed by atoms with Crippen molar-refractivity contribution in [3.8, 4) is 0 Å². The maximum Gasteiger partial charge on any atom is 0.221 e. The topological polar surface area (TPSA) is 71.2 Å². The molecule has 0 bridgehead atoms. The first kappa shape index (κ1) is 13.6. The zero-order valence-corrected chi connectivity index (χ0v) is 11.6. The van der Waals surface area contributed by atoms with Crippen molar-refractivity contribution in [2.24, 2.45) is 0 Å². The molecule has 0 aromatic carbocycles. The lowest BCUT2D eigenvalue weighted by atomic mass is 10.3. The Balaban J connectivity index is 1.93. The summed E-state index contributed by atoms with van der Waals surface area (Å²) in [6, 6.07) is 4.50. The Morgan fingerprint density at radius 3 is 2.79 bits per heavy atom. The number of pyridine rings is 1. The third-order valence-electron chi connectivity index (χ3n) is 3.08. The summed E-state index contributed by atoms with van der Waals surface area (Å²) in [5, 5.41) is 2.91. The number of aromatic nitrogens is 1. The summed E-state index contributed by atoms with van der Waals surface area (Å²) >= 11 is 0. The predicted molar refractivity (Wildman–Crippen MR) is 76.9 cm³/mol. The van der Waals surface area contributed by atoms with E-state index in [0.717, 1.165) is 5.82 Å². The number of carbonyl (C=O) groups is 1. The number of nitrogens with two attached hydrogens (primary N) is 1. The Morgan fingerprint density at radius 2 is 2.26 bits per heavy atom. The van der Waals surface area contributed by atoms with E-state index in [9.17, 15) is 4.79 Å². The van der Waals surface area contributed by atoms with E-state index in [1.807, 2.05) is 26.0 Å². The van der Waals surface area contributed by atoms with Crippen molar-refractivity contribution in [1.29, 1.82) is 0 Å². The first-order chi connectivity index (χ1) is 9.06. The number of nitrogen functional groups attached to an aromatic ring is 1. The van der Waals surface area contributed by atoms with E-state index >= 15 is 0 Å². The molecule has 1 fully saturated rings. The number of hydrogen-bond acceptors (Lipinski definition) is 4. The zero-order valence-electron chi connectivity index (χ0n) is 11.6. The van der Waals surface area contributed by atoms with Gasteiger partial charge in [0, 0.05) is 25.0 Å². The summed E-state index contributed by atoms with van der Waals surface area (Å²) in [5.74, 6) is 1.00. The average molecular weight is 262 g/mol. The monoisotopic (exact) mass is 262 g/mol. The van der Waals surface area contributed by atoms with Crippen LogP contribution in [0.3, 0.4) is 0 Å². The van der Waals surface area contributed by atoms with Gasteiger partial charge in [0.05, 0.1) is 11.9 Å². The van der Waals surface area contributed by atoms with Crippen LogP contribution in [-0.2, 0) is 4.79 Å². The van der Waals surface area contributed by atoms with Crippen molar-refractivity contribution in [1.82, 2.24) is 10.3 Å². The Kier molecular flexibility index (Phi) is 4.24. The summed E-state index contributed by atoms with van der Waals surface area (Å²) in [5.41, 5.74) is 6.31. The van der Waals surface area contributed by atoms with Crippen molar-refractivity contribution in [3.63, 3.8) is 0 Å². The van der Waals surface area contributed by atoms with Crippen LogP contribution in [0.2, 0.25) is 0 Å². The van der Waals surface area contributed by atoms with Crippen LogP contribution in [0.1, 0.15) is 33.1 Å². The lowest BCUT2D eigenvalue weighted by molar-refractivity contribution is -0.121. The summed E-state index contributed by atoms with van der Waals surface area (Å²) in [6.07, 6.45) is 4.52. The molecule has 0 radical (unpaired) electrons. The zero-order chi connectivity index (χ0) is 13.8. The standard InChI is InChI=1S/C14H22N4O/c1-10(2)17-14(19)7-8-18(12-4-5-12)13-6-3-11(15)9-16-13/h3,6,9-10,12H,4-5,7-8,15H2,1-2H3,(H,17,19). The maximum atomic E-state index is 11.7. The van der Waals surface area contributed by atoms with E-state index in [2.05, 4.69) is 15.2 Å². The van der Waals surface area contributed by atoms with Crippen LogP contribution >= 0.6 is 0 Å². The van der Waals surface area contributed by atoms with Crippen LogP contribution in [0.4, 0.5) is 11.5 Å². The van der Waals surface area contributed by atoms with Crippen molar-refractivity contribution in [2.45, 2.75) is 45.2 Å².